The van der Waals surface area contributed by atoms with Crippen molar-refractivity contribution >= 4 is 5.78 Å². The van der Waals surface area contributed by atoms with Gasteiger partial charge in [-0.15, -0.1) is 0 Å². The van der Waals surface area contributed by atoms with Gasteiger partial charge in [-0.3, -0.25) is 9.48 Å². The molecule has 2 heterocycles. The van der Waals surface area contributed by atoms with Gasteiger partial charge in [-0.25, -0.2) is 9.97 Å². The van der Waals surface area contributed by atoms with Crippen molar-refractivity contribution in [3.8, 4) is 11.4 Å². The summed E-state index contributed by atoms with van der Waals surface area (Å²) in [6, 6.07) is 0. The third-order valence-electron chi connectivity index (χ3n) is 3.90. The van der Waals surface area contributed by atoms with E-state index in [1.807, 2.05) is 20.2 Å². The van der Waals surface area contributed by atoms with Gasteiger partial charge in [0.25, 0.3) is 0 Å². The fraction of sp³-hybridized carbons (Fsp3) is 0.467. The summed E-state index contributed by atoms with van der Waals surface area (Å²) in [5.41, 5.74) is 4.41. The van der Waals surface area contributed by atoms with Crippen molar-refractivity contribution in [2.45, 2.75) is 39.5 Å². The number of carbonyl (C=O) groups excluding carboxylic acids is 1. The minimum absolute atomic E-state index is 0.00385. The molecule has 0 bridgehead atoms. The number of Topliss-reactive ketones (excluding diaryl/α,β-unsaturated/α-hetero) is 1. The molecular formula is C15H18N4O. The quantitative estimate of drug-likeness (QED) is 0.745. The van der Waals surface area contributed by atoms with E-state index in [0.717, 1.165) is 34.8 Å². The number of rotatable bonds is 1. The summed E-state index contributed by atoms with van der Waals surface area (Å²) in [5, 5.41) is 4.42. The zero-order valence-corrected chi connectivity index (χ0v) is 12.5. The lowest BCUT2D eigenvalue weighted by atomic mass is 9.73. The summed E-state index contributed by atoms with van der Waals surface area (Å²) in [7, 11) is 1.87. The number of hydrogen-bond acceptors (Lipinski definition) is 4. The first kappa shape index (κ1) is 13.0. The van der Waals surface area contributed by atoms with Crippen molar-refractivity contribution < 1.29 is 4.79 Å². The van der Waals surface area contributed by atoms with E-state index >= 15 is 0 Å². The maximum atomic E-state index is 11.9. The van der Waals surface area contributed by atoms with Crippen molar-refractivity contribution in [2.24, 2.45) is 7.05 Å². The van der Waals surface area contributed by atoms with E-state index in [9.17, 15) is 4.79 Å². The number of hydrogen-bond donors (Lipinski definition) is 0. The van der Waals surface area contributed by atoms with Gasteiger partial charge in [0.2, 0.25) is 0 Å². The number of aryl methyl sites for hydroxylation is 2. The topological polar surface area (TPSA) is 60.7 Å². The zero-order valence-electron chi connectivity index (χ0n) is 12.5. The van der Waals surface area contributed by atoms with Gasteiger partial charge in [0.1, 0.15) is 11.5 Å². The second-order valence-corrected chi connectivity index (χ2v) is 6.10. The van der Waals surface area contributed by atoms with Crippen molar-refractivity contribution in [3.05, 3.63) is 28.8 Å². The molecule has 0 unspecified atom stereocenters. The van der Waals surface area contributed by atoms with Crippen LogP contribution in [0.2, 0.25) is 0 Å². The molecule has 0 fully saturated rings. The van der Waals surface area contributed by atoms with Gasteiger partial charge in [0.05, 0.1) is 11.4 Å². The predicted molar refractivity (Wildman–Crippen MR) is 75.7 cm³/mol. The molecule has 0 aliphatic heterocycles. The van der Waals surface area contributed by atoms with Crippen LogP contribution < -0.4 is 0 Å². The van der Waals surface area contributed by atoms with Crippen LogP contribution in [0.15, 0.2) is 6.20 Å². The molecule has 0 saturated carbocycles. The molecule has 0 atom stereocenters. The van der Waals surface area contributed by atoms with Gasteiger partial charge in [-0.1, -0.05) is 13.8 Å². The van der Waals surface area contributed by atoms with E-state index in [-0.39, 0.29) is 11.2 Å². The third kappa shape index (κ3) is 1.69. The van der Waals surface area contributed by atoms with Crippen LogP contribution in [0.4, 0.5) is 0 Å². The standard InChI is InChI=1S/C15H18N4O/c1-8(20)12-11-14(19(5)18-12)13-10(6-15(11,3)4)7-16-9(2)17-13/h7H,6H2,1-5H3. The van der Waals surface area contributed by atoms with Crippen LogP contribution in [0, 0.1) is 6.92 Å². The van der Waals surface area contributed by atoms with E-state index < -0.39 is 0 Å². The average Bonchev–Trinajstić information content (AvgIpc) is 2.70. The Balaban J connectivity index is 2.40. The van der Waals surface area contributed by atoms with Crippen LogP contribution in [0.1, 0.15) is 48.2 Å². The van der Waals surface area contributed by atoms with Crippen molar-refractivity contribution in [3.63, 3.8) is 0 Å². The summed E-state index contributed by atoms with van der Waals surface area (Å²) in [6.07, 6.45) is 2.71. The minimum atomic E-state index is -0.143. The molecule has 0 saturated heterocycles. The number of nitrogens with zero attached hydrogens (tertiary/aromatic N) is 4. The minimum Gasteiger partial charge on any atom is -0.293 e. The van der Waals surface area contributed by atoms with Crippen LogP contribution in [0.25, 0.3) is 11.4 Å². The van der Waals surface area contributed by atoms with Crippen molar-refractivity contribution in [1.29, 1.82) is 0 Å². The Labute approximate surface area is 118 Å². The lowest BCUT2D eigenvalue weighted by Crippen LogP contribution is -2.28. The largest absolute Gasteiger partial charge is 0.293 e. The summed E-state index contributed by atoms with van der Waals surface area (Å²) in [4.78, 5) is 20.8. The second kappa shape index (κ2) is 3.98. The molecule has 0 radical (unpaired) electrons. The maximum Gasteiger partial charge on any atom is 0.180 e. The Morgan fingerprint density at radius 3 is 2.75 bits per heavy atom. The van der Waals surface area contributed by atoms with Crippen molar-refractivity contribution in [2.75, 3.05) is 0 Å². The third-order valence-corrected chi connectivity index (χ3v) is 3.90. The first-order valence-corrected chi connectivity index (χ1v) is 6.72. The molecule has 2 aromatic rings. The number of fused-ring (bicyclic) bond motifs is 3. The van der Waals surface area contributed by atoms with E-state index in [1.165, 1.54) is 0 Å². The van der Waals surface area contributed by atoms with Gasteiger partial charge in [0, 0.05) is 25.7 Å². The van der Waals surface area contributed by atoms with Crippen LogP contribution in [0.5, 0.6) is 0 Å². The molecule has 2 aromatic heterocycles. The summed E-state index contributed by atoms with van der Waals surface area (Å²) < 4.78 is 1.78. The molecule has 1 aliphatic carbocycles. The van der Waals surface area contributed by atoms with Gasteiger partial charge < -0.3 is 0 Å². The summed E-state index contributed by atoms with van der Waals surface area (Å²) in [5.74, 6) is 0.740. The molecule has 20 heavy (non-hydrogen) atoms. The van der Waals surface area contributed by atoms with E-state index in [1.54, 1.807) is 11.6 Å². The predicted octanol–water partition coefficient (Wildman–Crippen LogP) is 2.22. The summed E-state index contributed by atoms with van der Waals surface area (Å²) >= 11 is 0. The van der Waals surface area contributed by atoms with Crippen molar-refractivity contribution in [1.82, 2.24) is 19.7 Å². The average molecular weight is 270 g/mol. The Kier molecular flexibility index (Phi) is 2.58. The normalized spacial score (nSPS) is 15.7. The van der Waals surface area contributed by atoms with Gasteiger partial charge in [0.15, 0.2) is 5.78 Å². The lowest BCUT2D eigenvalue weighted by molar-refractivity contribution is 0.101. The Morgan fingerprint density at radius 1 is 1.40 bits per heavy atom. The second-order valence-electron chi connectivity index (χ2n) is 6.10. The molecule has 5 nitrogen and oxygen atoms in total. The number of carbonyl (C=O) groups is 1. The highest BCUT2D eigenvalue weighted by Crippen LogP contribution is 2.43. The highest BCUT2D eigenvalue weighted by Gasteiger charge is 2.38. The SMILES string of the molecule is CC(=O)c1nn(C)c2c1C(C)(C)Cc1cnc(C)nc1-2. The molecule has 1 aliphatic rings. The van der Waals surface area contributed by atoms with Crippen LogP contribution >= 0.6 is 0 Å². The monoisotopic (exact) mass is 270 g/mol. The van der Waals surface area contributed by atoms with E-state index in [0.29, 0.717) is 5.69 Å². The number of ketones is 1. The van der Waals surface area contributed by atoms with Gasteiger partial charge >= 0.3 is 0 Å². The highest BCUT2D eigenvalue weighted by atomic mass is 16.1. The molecule has 0 N–H and O–H groups in total. The molecule has 104 valence electrons. The Bertz CT molecular complexity index is 728. The molecular weight excluding hydrogens is 252 g/mol. The van der Waals surface area contributed by atoms with E-state index in [2.05, 4.69) is 28.9 Å². The van der Waals surface area contributed by atoms with E-state index in [4.69, 9.17) is 0 Å². The fourth-order valence-electron chi connectivity index (χ4n) is 3.08. The first-order valence-electron chi connectivity index (χ1n) is 6.72. The molecule has 0 aromatic carbocycles. The molecule has 0 spiro atoms. The van der Waals surface area contributed by atoms with Gasteiger partial charge in [-0.2, -0.15) is 5.10 Å². The van der Waals surface area contributed by atoms with Gasteiger partial charge in [-0.05, 0) is 24.3 Å². The molecule has 5 heteroatoms. The molecule has 0 amide bonds. The Morgan fingerprint density at radius 2 is 2.10 bits per heavy atom. The van der Waals surface area contributed by atoms with Crippen LogP contribution in [-0.4, -0.2) is 25.5 Å². The smallest absolute Gasteiger partial charge is 0.180 e. The lowest BCUT2D eigenvalue weighted by Gasteiger charge is -2.31. The van der Waals surface area contributed by atoms with Crippen LogP contribution in [0.3, 0.4) is 0 Å². The van der Waals surface area contributed by atoms with Crippen LogP contribution in [-0.2, 0) is 18.9 Å². The maximum absolute atomic E-state index is 11.9. The first-order chi connectivity index (χ1) is 9.31. The summed E-state index contributed by atoms with van der Waals surface area (Å²) in [6.45, 7) is 7.73. The highest BCUT2D eigenvalue weighted by molar-refractivity contribution is 5.96. The Hall–Kier alpha value is -2.04. The fourth-order valence-corrected chi connectivity index (χ4v) is 3.08. The number of aromatic nitrogens is 4. The zero-order chi connectivity index (χ0) is 14.7. The molecule has 3 rings (SSSR count).